The highest BCUT2D eigenvalue weighted by atomic mass is 14.9. The van der Waals surface area contributed by atoms with E-state index in [1.807, 2.05) is 0 Å². The van der Waals surface area contributed by atoms with Crippen molar-refractivity contribution in [1.29, 1.82) is 0 Å². The van der Waals surface area contributed by atoms with Crippen molar-refractivity contribution in [2.24, 2.45) is 17.3 Å². The minimum Gasteiger partial charge on any atom is -0.305 e. The first kappa shape index (κ1) is 12.7. The molecule has 0 aromatic rings. The van der Waals surface area contributed by atoms with Gasteiger partial charge < -0.3 is 4.85 Å². The van der Waals surface area contributed by atoms with Crippen LogP contribution in [0.1, 0.15) is 59.8 Å². The fourth-order valence-electron chi connectivity index (χ4n) is 3.96. The molecule has 0 N–H and O–H groups in total. The molecule has 1 nitrogen and oxygen atoms in total. The van der Waals surface area contributed by atoms with Gasteiger partial charge in [0.2, 0.25) is 0 Å². The Hall–Kier alpha value is -0.770. The minimum atomic E-state index is -0.205. The van der Waals surface area contributed by atoms with Crippen LogP contribution in [-0.4, -0.2) is 5.54 Å². The van der Waals surface area contributed by atoms with Crippen molar-refractivity contribution in [2.75, 3.05) is 0 Å². The molecular formula is C16H25N. The normalized spacial score (nSPS) is 41.6. The van der Waals surface area contributed by atoms with Gasteiger partial charge in [-0.05, 0) is 31.6 Å². The van der Waals surface area contributed by atoms with Crippen molar-refractivity contribution < 1.29 is 0 Å². The van der Waals surface area contributed by atoms with Crippen LogP contribution in [0.2, 0.25) is 0 Å². The Bertz CT molecular complexity index is 373. The van der Waals surface area contributed by atoms with Crippen LogP contribution in [-0.2, 0) is 0 Å². The molecule has 2 aliphatic carbocycles. The molecule has 94 valence electrons. The molecule has 0 spiro atoms. The molecule has 1 saturated carbocycles. The van der Waals surface area contributed by atoms with Crippen LogP contribution in [0.5, 0.6) is 0 Å². The maximum Gasteiger partial charge on any atom is 0.258 e. The van der Waals surface area contributed by atoms with E-state index in [4.69, 9.17) is 6.57 Å². The smallest absolute Gasteiger partial charge is 0.258 e. The summed E-state index contributed by atoms with van der Waals surface area (Å²) in [5.41, 5.74) is 1.54. The second-order valence-corrected chi connectivity index (χ2v) is 6.67. The number of allylic oxidation sites excluding steroid dienone is 1. The van der Waals surface area contributed by atoms with E-state index in [1.165, 1.54) is 37.7 Å². The van der Waals surface area contributed by atoms with E-state index < -0.39 is 0 Å². The maximum absolute atomic E-state index is 7.78. The fourth-order valence-corrected chi connectivity index (χ4v) is 3.96. The lowest BCUT2D eigenvalue weighted by molar-refractivity contribution is 0.0783. The van der Waals surface area contributed by atoms with Crippen molar-refractivity contribution in [2.45, 2.75) is 65.3 Å². The Morgan fingerprint density at radius 1 is 1.41 bits per heavy atom. The maximum atomic E-state index is 7.78. The second kappa shape index (κ2) is 4.16. The standard InChI is InChI=1S/C16H25N/c1-12(2)14-8-10-15(4)9-6-7-13(3)16(15,11-14)17-5/h11-13H,6-10H2,1-4H3/t13-,15-,16-/m0/s1. The lowest BCUT2D eigenvalue weighted by Gasteiger charge is -2.48. The Labute approximate surface area is 106 Å². The Morgan fingerprint density at radius 3 is 2.71 bits per heavy atom. The summed E-state index contributed by atoms with van der Waals surface area (Å²) in [6.07, 6.45) is 8.56. The molecule has 0 amide bonds. The monoisotopic (exact) mass is 231 g/mol. The molecule has 0 unspecified atom stereocenters. The quantitative estimate of drug-likeness (QED) is 0.449. The molecule has 2 aliphatic rings. The highest BCUT2D eigenvalue weighted by Gasteiger charge is 2.59. The molecule has 0 aromatic carbocycles. The Morgan fingerprint density at radius 2 is 2.12 bits per heavy atom. The average molecular weight is 231 g/mol. The summed E-state index contributed by atoms with van der Waals surface area (Å²) in [7, 11) is 0. The predicted molar refractivity (Wildman–Crippen MR) is 72.6 cm³/mol. The van der Waals surface area contributed by atoms with Crippen LogP contribution in [0.3, 0.4) is 0 Å². The summed E-state index contributed by atoms with van der Waals surface area (Å²) >= 11 is 0. The minimum absolute atomic E-state index is 0.205. The molecule has 1 fully saturated rings. The topological polar surface area (TPSA) is 4.36 Å². The van der Waals surface area contributed by atoms with Crippen LogP contribution in [0.15, 0.2) is 11.6 Å². The molecule has 0 saturated heterocycles. The van der Waals surface area contributed by atoms with Crippen LogP contribution in [0.25, 0.3) is 4.85 Å². The molecule has 2 rings (SSSR count). The van der Waals surface area contributed by atoms with Crippen LogP contribution in [0.4, 0.5) is 0 Å². The molecule has 1 heteroatoms. The van der Waals surface area contributed by atoms with Crippen LogP contribution < -0.4 is 0 Å². The zero-order valence-electron chi connectivity index (χ0n) is 11.7. The summed E-state index contributed by atoms with van der Waals surface area (Å²) in [5, 5.41) is 0. The zero-order valence-corrected chi connectivity index (χ0v) is 11.7. The highest BCUT2D eigenvalue weighted by Crippen LogP contribution is 2.56. The van der Waals surface area contributed by atoms with Gasteiger partial charge in [0.15, 0.2) is 0 Å². The van der Waals surface area contributed by atoms with Gasteiger partial charge in [0.05, 0.1) is 0 Å². The third kappa shape index (κ3) is 1.73. The van der Waals surface area contributed by atoms with Gasteiger partial charge in [-0.15, -0.1) is 0 Å². The largest absolute Gasteiger partial charge is 0.305 e. The van der Waals surface area contributed by atoms with Gasteiger partial charge in [0, 0.05) is 17.4 Å². The van der Waals surface area contributed by atoms with E-state index in [2.05, 4.69) is 38.6 Å². The van der Waals surface area contributed by atoms with Gasteiger partial charge in [0.1, 0.15) is 0 Å². The van der Waals surface area contributed by atoms with Gasteiger partial charge >= 0.3 is 0 Å². The van der Waals surface area contributed by atoms with Crippen molar-refractivity contribution in [3.63, 3.8) is 0 Å². The summed E-state index contributed by atoms with van der Waals surface area (Å²) in [5.74, 6) is 1.13. The first-order chi connectivity index (χ1) is 7.95. The van der Waals surface area contributed by atoms with E-state index in [1.54, 1.807) is 0 Å². The van der Waals surface area contributed by atoms with E-state index in [9.17, 15) is 0 Å². The summed E-state index contributed by atoms with van der Waals surface area (Å²) in [6.45, 7) is 16.9. The van der Waals surface area contributed by atoms with Crippen LogP contribution >= 0.6 is 0 Å². The average Bonchev–Trinajstić information content (AvgIpc) is 2.28. The molecule has 0 radical (unpaired) electrons. The summed E-state index contributed by atoms with van der Waals surface area (Å²) in [4.78, 5) is 4.16. The third-order valence-electron chi connectivity index (χ3n) is 5.38. The number of hydrogen-bond acceptors (Lipinski definition) is 0. The lowest BCUT2D eigenvalue weighted by Crippen LogP contribution is -2.52. The molecular weight excluding hydrogens is 206 g/mol. The van der Waals surface area contributed by atoms with Crippen LogP contribution in [0, 0.1) is 23.8 Å². The molecule has 0 aromatic heterocycles. The van der Waals surface area contributed by atoms with Gasteiger partial charge in [-0.3, -0.25) is 0 Å². The van der Waals surface area contributed by atoms with E-state index in [-0.39, 0.29) is 11.0 Å². The fraction of sp³-hybridized carbons (Fsp3) is 0.812. The Balaban J connectivity index is 2.49. The van der Waals surface area contributed by atoms with E-state index in [0.29, 0.717) is 11.8 Å². The lowest BCUT2D eigenvalue weighted by atomic mass is 9.53. The van der Waals surface area contributed by atoms with Gasteiger partial charge in [-0.1, -0.05) is 39.7 Å². The number of rotatable bonds is 1. The summed E-state index contributed by atoms with van der Waals surface area (Å²) in [6, 6.07) is 0. The molecule has 0 aliphatic heterocycles. The molecule has 17 heavy (non-hydrogen) atoms. The van der Waals surface area contributed by atoms with Gasteiger partial charge in [-0.25, -0.2) is 6.57 Å². The molecule has 0 bridgehead atoms. The van der Waals surface area contributed by atoms with Gasteiger partial charge in [0.25, 0.3) is 5.54 Å². The summed E-state index contributed by atoms with van der Waals surface area (Å²) < 4.78 is 0. The molecule has 0 heterocycles. The number of nitrogens with zero attached hydrogens (tertiary/aromatic N) is 1. The van der Waals surface area contributed by atoms with Crippen molar-refractivity contribution in [3.8, 4) is 0 Å². The molecule has 3 atom stereocenters. The highest BCUT2D eigenvalue weighted by molar-refractivity contribution is 5.32. The zero-order chi connectivity index (χ0) is 12.7. The van der Waals surface area contributed by atoms with Gasteiger partial charge in [-0.2, -0.15) is 0 Å². The first-order valence-electron chi connectivity index (χ1n) is 7.05. The van der Waals surface area contributed by atoms with Crippen molar-refractivity contribution in [3.05, 3.63) is 23.1 Å². The second-order valence-electron chi connectivity index (χ2n) is 6.67. The predicted octanol–water partition coefficient (Wildman–Crippen LogP) is 4.85. The van der Waals surface area contributed by atoms with Crippen molar-refractivity contribution >= 4 is 0 Å². The number of fused-ring (bicyclic) bond motifs is 1. The SMILES string of the molecule is [C-]#[N+][C@]12C=C(C(C)C)CC[C@]1(C)CCC[C@@H]2C. The number of hydrogen-bond donors (Lipinski definition) is 0. The van der Waals surface area contributed by atoms with E-state index >= 15 is 0 Å². The first-order valence-corrected chi connectivity index (χ1v) is 7.05. The van der Waals surface area contributed by atoms with E-state index in [0.717, 1.165) is 0 Å². The third-order valence-corrected chi connectivity index (χ3v) is 5.38. The van der Waals surface area contributed by atoms with Crippen molar-refractivity contribution in [1.82, 2.24) is 0 Å². The Kier molecular flexibility index (Phi) is 3.10.